The number of hydrogen-bond donors (Lipinski definition) is 3. The fourth-order valence-corrected chi connectivity index (χ4v) is 8.10. The van der Waals surface area contributed by atoms with Crippen LogP contribution < -0.4 is 16.2 Å². The molecule has 56 heavy (non-hydrogen) atoms. The van der Waals surface area contributed by atoms with E-state index >= 15 is 4.79 Å². The number of esters is 1. The minimum Gasteiger partial charge on any atom is -0.459 e. The van der Waals surface area contributed by atoms with Crippen LogP contribution in [0.3, 0.4) is 0 Å². The number of carbonyl (C=O) groups excluding carboxylic acids is 4. The molecule has 1 heterocycles. The number of nitrogens with one attached hydrogen (secondary N) is 3. The topological polar surface area (TPSA) is 126 Å². The van der Waals surface area contributed by atoms with E-state index in [9.17, 15) is 14.4 Å². The molecule has 2 aliphatic rings. The third-order valence-corrected chi connectivity index (χ3v) is 11.3. The van der Waals surface area contributed by atoms with E-state index in [1.807, 2.05) is 78.9 Å². The molecule has 3 N–H and O–H groups in total. The molecule has 10 nitrogen and oxygen atoms in total. The van der Waals surface area contributed by atoms with E-state index in [0.29, 0.717) is 32.2 Å². The summed E-state index contributed by atoms with van der Waals surface area (Å²) in [6, 6.07) is 28.9. The third-order valence-electron chi connectivity index (χ3n) is 11.3. The van der Waals surface area contributed by atoms with Crippen molar-refractivity contribution in [2.75, 3.05) is 6.54 Å². The lowest BCUT2D eigenvalue weighted by Gasteiger charge is -2.46. The van der Waals surface area contributed by atoms with Gasteiger partial charge in [0.25, 0.3) is 5.91 Å². The Hall–Kier alpha value is -4.54. The molecule has 0 spiro atoms. The molecule has 0 radical (unpaired) electrons. The van der Waals surface area contributed by atoms with Crippen molar-refractivity contribution in [1.29, 1.82) is 0 Å². The predicted molar refractivity (Wildman–Crippen MR) is 217 cm³/mol. The average Bonchev–Trinajstić information content (AvgIpc) is 3.24. The van der Waals surface area contributed by atoms with Gasteiger partial charge >= 0.3 is 5.97 Å². The zero-order valence-electron chi connectivity index (χ0n) is 33.2. The van der Waals surface area contributed by atoms with E-state index in [2.05, 4.69) is 35.3 Å². The van der Waals surface area contributed by atoms with Gasteiger partial charge in [0.2, 0.25) is 17.4 Å². The van der Waals surface area contributed by atoms with Crippen molar-refractivity contribution < 1.29 is 28.8 Å². The molecule has 0 aromatic heterocycles. The number of aryl methyl sites for hydroxylation is 1. The number of hydroxylamine groups is 1. The summed E-state index contributed by atoms with van der Waals surface area (Å²) in [5.74, 6) is -3.74. The Bertz CT molecular complexity index is 1640. The molecular weight excluding hydrogens is 705 g/mol. The van der Waals surface area contributed by atoms with E-state index in [1.54, 1.807) is 0 Å². The first-order chi connectivity index (χ1) is 27.4. The Morgan fingerprint density at radius 1 is 0.732 bits per heavy atom. The van der Waals surface area contributed by atoms with Gasteiger partial charge in [0.05, 0.1) is 18.4 Å². The predicted octanol–water partition coefficient (Wildman–Crippen LogP) is 7.91. The fraction of sp³-hybridized carbons (Fsp3) is 0.522. The third kappa shape index (κ3) is 12.2. The van der Waals surface area contributed by atoms with Gasteiger partial charge in [-0.05, 0) is 68.1 Å². The second-order valence-electron chi connectivity index (χ2n) is 15.5. The Balaban J connectivity index is 1.46. The molecule has 1 saturated heterocycles. The van der Waals surface area contributed by atoms with Crippen molar-refractivity contribution >= 4 is 23.7 Å². The first-order valence-electron chi connectivity index (χ1n) is 21.0. The summed E-state index contributed by atoms with van der Waals surface area (Å²) in [5, 5.41) is 4.44. The highest BCUT2D eigenvalue weighted by molar-refractivity contribution is 6.10. The summed E-state index contributed by atoms with van der Waals surface area (Å²) in [6.45, 7) is 2.69. The summed E-state index contributed by atoms with van der Waals surface area (Å²) in [4.78, 5) is 64.6. The van der Waals surface area contributed by atoms with Gasteiger partial charge in [-0.25, -0.2) is 15.7 Å². The van der Waals surface area contributed by atoms with Crippen molar-refractivity contribution in [3.05, 3.63) is 108 Å². The van der Waals surface area contributed by atoms with Gasteiger partial charge in [0, 0.05) is 12.6 Å². The first-order valence-corrected chi connectivity index (χ1v) is 21.0. The maximum Gasteiger partial charge on any atom is 0.343 e. The van der Waals surface area contributed by atoms with Crippen LogP contribution in [0, 0.1) is 11.8 Å². The van der Waals surface area contributed by atoms with E-state index in [0.717, 1.165) is 87.3 Å². The number of nitrogens with zero attached hydrogens (tertiary/aromatic N) is 1. The van der Waals surface area contributed by atoms with Crippen LogP contribution in [0.5, 0.6) is 0 Å². The number of benzene rings is 3. The van der Waals surface area contributed by atoms with Crippen LogP contribution in [-0.2, 0) is 48.4 Å². The average molecular weight is 767 g/mol. The molecule has 10 heteroatoms. The number of amides is 3. The Morgan fingerprint density at radius 2 is 1.34 bits per heavy atom. The van der Waals surface area contributed by atoms with Crippen molar-refractivity contribution in [2.24, 2.45) is 11.8 Å². The van der Waals surface area contributed by atoms with Gasteiger partial charge in [0.1, 0.15) is 6.61 Å². The van der Waals surface area contributed by atoms with Crippen molar-refractivity contribution in [3.8, 4) is 0 Å². The molecule has 1 unspecified atom stereocenters. The van der Waals surface area contributed by atoms with E-state index in [4.69, 9.17) is 9.57 Å². The summed E-state index contributed by atoms with van der Waals surface area (Å²) >= 11 is 0. The van der Waals surface area contributed by atoms with E-state index in [-0.39, 0.29) is 31.6 Å². The van der Waals surface area contributed by atoms with E-state index in [1.165, 1.54) is 5.01 Å². The zero-order valence-corrected chi connectivity index (χ0v) is 33.2. The number of hydrazine groups is 1. The Kier molecular flexibility index (Phi) is 17.4. The Labute approximate surface area is 333 Å². The first kappa shape index (κ1) is 42.6. The summed E-state index contributed by atoms with van der Waals surface area (Å²) in [5.41, 5.74) is 6.76. The van der Waals surface area contributed by atoms with Crippen LogP contribution in [-0.4, -0.2) is 46.8 Å². The lowest BCUT2D eigenvalue weighted by Crippen LogP contribution is -2.73. The molecule has 0 bridgehead atoms. The van der Waals surface area contributed by atoms with E-state index < -0.39 is 35.2 Å². The van der Waals surface area contributed by atoms with Crippen LogP contribution in [0.15, 0.2) is 91.0 Å². The number of ether oxygens (including phenoxy) is 1. The highest BCUT2D eigenvalue weighted by Gasteiger charge is 2.57. The fourth-order valence-electron chi connectivity index (χ4n) is 8.10. The van der Waals surface area contributed by atoms with Gasteiger partial charge in [0.15, 0.2) is 0 Å². The van der Waals surface area contributed by atoms with Gasteiger partial charge in [-0.3, -0.25) is 24.2 Å². The largest absolute Gasteiger partial charge is 0.459 e. The molecule has 2 fully saturated rings. The van der Waals surface area contributed by atoms with Gasteiger partial charge in [-0.2, -0.15) is 0 Å². The normalized spacial score (nSPS) is 18.4. The van der Waals surface area contributed by atoms with Gasteiger partial charge in [-0.15, -0.1) is 0 Å². The second-order valence-corrected chi connectivity index (χ2v) is 15.5. The summed E-state index contributed by atoms with van der Waals surface area (Å²) < 4.78 is 5.95. The summed E-state index contributed by atoms with van der Waals surface area (Å²) in [7, 11) is 0. The number of rotatable bonds is 21. The lowest BCUT2D eigenvalue weighted by molar-refractivity contribution is -0.181. The number of carbonyl (C=O) groups is 4. The van der Waals surface area contributed by atoms with Crippen molar-refractivity contribution in [1.82, 2.24) is 21.2 Å². The molecular formula is C46H62N4O6. The minimum absolute atomic E-state index is 0.0374. The molecule has 1 aliphatic heterocycles. The zero-order chi connectivity index (χ0) is 39.4. The van der Waals surface area contributed by atoms with Gasteiger partial charge < -0.3 is 10.1 Å². The van der Waals surface area contributed by atoms with Crippen LogP contribution >= 0.6 is 0 Å². The van der Waals surface area contributed by atoms with Crippen LogP contribution in [0.2, 0.25) is 0 Å². The molecule has 3 atom stereocenters. The maximum absolute atomic E-state index is 15.3. The molecule has 3 aromatic rings. The highest BCUT2D eigenvalue weighted by Crippen LogP contribution is 2.34. The number of hydrogen-bond acceptors (Lipinski definition) is 7. The highest BCUT2D eigenvalue weighted by atomic mass is 16.6. The van der Waals surface area contributed by atoms with Crippen LogP contribution in [0.4, 0.5) is 0 Å². The van der Waals surface area contributed by atoms with Gasteiger partial charge in [-0.1, -0.05) is 149 Å². The number of unbranched alkanes of at least 4 members (excludes halogenated alkanes) is 4. The molecule has 3 amide bonds. The van der Waals surface area contributed by atoms with Crippen LogP contribution in [0.25, 0.3) is 0 Å². The smallest absolute Gasteiger partial charge is 0.343 e. The monoisotopic (exact) mass is 766 g/mol. The quantitative estimate of drug-likeness (QED) is 0.0436. The lowest BCUT2D eigenvalue weighted by atomic mass is 9.80. The summed E-state index contributed by atoms with van der Waals surface area (Å²) in [6.07, 6.45) is 12.3. The SMILES string of the molecule is CCCCCCC[C@@H](C(=O)N1NCCC[C@]1(C(=O)NC1CCCCC1)C(=O)OCc1ccccc1)C(CCCc1ccccc1)C(=O)NOCc1ccccc1. The molecule has 5 rings (SSSR count). The minimum atomic E-state index is -1.95. The van der Waals surface area contributed by atoms with Crippen LogP contribution in [0.1, 0.15) is 120 Å². The maximum atomic E-state index is 15.3. The molecule has 1 aliphatic carbocycles. The molecule has 302 valence electrons. The molecule has 3 aromatic carbocycles. The van der Waals surface area contributed by atoms with Crippen molar-refractivity contribution in [3.63, 3.8) is 0 Å². The Morgan fingerprint density at radius 3 is 2.00 bits per heavy atom. The molecule has 1 saturated carbocycles. The second kappa shape index (κ2) is 22.9. The van der Waals surface area contributed by atoms with Crippen molar-refractivity contribution in [2.45, 2.75) is 134 Å². The standard InChI is InChI=1S/C46H62N4O6/c1-2-3-4-5-18-30-41(40(31-19-27-36-21-10-6-11-22-36)42(51)49-56-35-38-25-14-8-15-26-38)43(52)50-46(32-20-33-47-50,44(53)48-39-28-16-9-17-29-39)45(54)55-34-37-23-12-7-13-24-37/h6-8,10-15,21-26,39-41,47H,2-5,9,16-20,27-35H2,1H3,(H,48,53)(H,49,51)/t40?,41-,46+/m1/s1.